The first-order valence-electron chi connectivity index (χ1n) is 4.89. The molecule has 1 aliphatic carbocycles. The molecule has 0 amide bonds. The SMILES string of the molecule is CC(C)C1C=CCc2cccnc21. The van der Waals surface area contributed by atoms with Crippen molar-refractivity contribution in [3.63, 3.8) is 0 Å². The Kier molecular flexibility index (Phi) is 2.17. The zero-order valence-electron chi connectivity index (χ0n) is 8.20. The fourth-order valence-corrected chi connectivity index (χ4v) is 1.89. The van der Waals surface area contributed by atoms with Crippen molar-refractivity contribution >= 4 is 0 Å². The van der Waals surface area contributed by atoms with E-state index in [1.807, 2.05) is 12.3 Å². The maximum atomic E-state index is 4.47. The van der Waals surface area contributed by atoms with E-state index in [4.69, 9.17) is 0 Å². The Labute approximate surface area is 79.5 Å². The minimum absolute atomic E-state index is 0.518. The fourth-order valence-electron chi connectivity index (χ4n) is 1.89. The van der Waals surface area contributed by atoms with Gasteiger partial charge >= 0.3 is 0 Å². The smallest absolute Gasteiger partial charge is 0.0509 e. The van der Waals surface area contributed by atoms with Gasteiger partial charge in [-0.15, -0.1) is 0 Å². The van der Waals surface area contributed by atoms with Crippen LogP contribution in [0.1, 0.15) is 31.0 Å². The fraction of sp³-hybridized carbons (Fsp3) is 0.417. The number of pyridine rings is 1. The molecule has 1 atom stereocenters. The molecule has 0 fully saturated rings. The van der Waals surface area contributed by atoms with Crippen molar-refractivity contribution in [2.45, 2.75) is 26.2 Å². The van der Waals surface area contributed by atoms with E-state index in [1.165, 1.54) is 11.3 Å². The van der Waals surface area contributed by atoms with Crippen LogP contribution < -0.4 is 0 Å². The minimum atomic E-state index is 0.518. The van der Waals surface area contributed by atoms with E-state index < -0.39 is 0 Å². The topological polar surface area (TPSA) is 12.9 Å². The lowest BCUT2D eigenvalue weighted by atomic mass is 9.85. The first-order valence-corrected chi connectivity index (χ1v) is 4.89. The standard InChI is InChI=1S/C12H15N/c1-9(2)11-7-3-5-10-6-4-8-13-12(10)11/h3-4,6-9,11H,5H2,1-2H3. The van der Waals surface area contributed by atoms with Crippen LogP contribution >= 0.6 is 0 Å². The Hall–Kier alpha value is -1.11. The highest BCUT2D eigenvalue weighted by Gasteiger charge is 2.19. The summed E-state index contributed by atoms with van der Waals surface area (Å²) in [7, 11) is 0. The molecule has 0 bridgehead atoms. The quantitative estimate of drug-likeness (QED) is 0.595. The predicted molar refractivity (Wildman–Crippen MR) is 54.7 cm³/mol. The van der Waals surface area contributed by atoms with Crippen molar-refractivity contribution < 1.29 is 0 Å². The van der Waals surface area contributed by atoms with Crippen molar-refractivity contribution in [3.8, 4) is 0 Å². The number of hydrogen-bond acceptors (Lipinski definition) is 1. The molecule has 0 N–H and O–H groups in total. The van der Waals surface area contributed by atoms with E-state index in [9.17, 15) is 0 Å². The summed E-state index contributed by atoms with van der Waals surface area (Å²) in [6, 6.07) is 4.20. The van der Waals surface area contributed by atoms with Gasteiger partial charge in [-0.1, -0.05) is 32.1 Å². The Bertz CT molecular complexity index is 326. The Morgan fingerprint density at radius 2 is 2.31 bits per heavy atom. The van der Waals surface area contributed by atoms with Gasteiger partial charge < -0.3 is 0 Å². The number of nitrogens with zero attached hydrogens (tertiary/aromatic N) is 1. The molecule has 1 unspecified atom stereocenters. The Balaban J connectivity index is 2.42. The van der Waals surface area contributed by atoms with E-state index in [-0.39, 0.29) is 0 Å². The molecule has 1 heteroatoms. The van der Waals surface area contributed by atoms with Gasteiger partial charge in [0.15, 0.2) is 0 Å². The van der Waals surface area contributed by atoms with Crippen LogP contribution in [0.4, 0.5) is 0 Å². The third-order valence-corrected chi connectivity index (χ3v) is 2.64. The minimum Gasteiger partial charge on any atom is -0.260 e. The molecule has 2 rings (SSSR count). The third-order valence-electron chi connectivity index (χ3n) is 2.64. The largest absolute Gasteiger partial charge is 0.260 e. The van der Waals surface area contributed by atoms with E-state index in [2.05, 4.69) is 37.0 Å². The molecule has 0 spiro atoms. The second kappa shape index (κ2) is 3.33. The molecular formula is C12H15N. The summed E-state index contributed by atoms with van der Waals surface area (Å²) in [4.78, 5) is 4.47. The maximum absolute atomic E-state index is 4.47. The summed E-state index contributed by atoms with van der Waals surface area (Å²) < 4.78 is 0. The van der Waals surface area contributed by atoms with Gasteiger partial charge in [0.1, 0.15) is 0 Å². The second-order valence-electron chi connectivity index (χ2n) is 3.95. The van der Waals surface area contributed by atoms with E-state index in [1.54, 1.807) is 0 Å². The predicted octanol–water partition coefficient (Wildman–Crippen LogP) is 2.93. The van der Waals surface area contributed by atoms with Crippen LogP contribution in [0.3, 0.4) is 0 Å². The molecule has 1 aliphatic rings. The lowest BCUT2D eigenvalue weighted by Crippen LogP contribution is -2.12. The van der Waals surface area contributed by atoms with Gasteiger partial charge in [-0.25, -0.2) is 0 Å². The van der Waals surface area contributed by atoms with E-state index in [0.717, 1.165) is 6.42 Å². The lowest BCUT2D eigenvalue weighted by Gasteiger charge is -2.22. The van der Waals surface area contributed by atoms with Crippen molar-refractivity contribution in [1.29, 1.82) is 0 Å². The van der Waals surface area contributed by atoms with Gasteiger partial charge in [-0.3, -0.25) is 4.98 Å². The monoisotopic (exact) mass is 173 g/mol. The molecule has 1 nitrogen and oxygen atoms in total. The first-order chi connectivity index (χ1) is 6.29. The van der Waals surface area contributed by atoms with Gasteiger partial charge in [-0.2, -0.15) is 0 Å². The summed E-state index contributed by atoms with van der Waals surface area (Å²) in [5.74, 6) is 1.16. The van der Waals surface area contributed by atoms with Crippen LogP contribution in [-0.4, -0.2) is 4.98 Å². The van der Waals surface area contributed by atoms with Crippen LogP contribution in [0, 0.1) is 5.92 Å². The maximum Gasteiger partial charge on any atom is 0.0509 e. The second-order valence-corrected chi connectivity index (χ2v) is 3.95. The zero-order valence-corrected chi connectivity index (χ0v) is 8.20. The van der Waals surface area contributed by atoms with Crippen LogP contribution in [0.5, 0.6) is 0 Å². The average Bonchev–Trinajstić information content (AvgIpc) is 2.17. The van der Waals surface area contributed by atoms with Crippen molar-refractivity contribution in [3.05, 3.63) is 41.7 Å². The van der Waals surface area contributed by atoms with E-state index in [0.29, 0.717) is 11.8 Å². The van der Waals surface area contributed by atoms with Crippen LogP contribution in [-0.2, 0) is 6.42 Å². The van der Waals surface area contributed by atoms with Crippen LogP contribution in [0.15, 0.2) is 30.5 Å². The van der Waals surface area contributed by atoms with Crippen LogP contribution in [0.2, 0.25) is 0 Å². The summed E-state index contributed by atoms with van der Waals surface area (Å²) in [5, 5.41) is 0. The number of hydrogen-bond donors (Lipinski definition) is 0. The number of allylic oxidation sites excluding steroid dienone is 2. The van der Waals surface area contributed by atoms with Gasteiger partial charge in [0.2, 0.25) is 0 Å². The molecule has 1 aromatic rings. The van der Waals surface area contributed by atoms with Crippen molar-refractivity contribution in [2.75, 3.05) is 0 Å². The summed E-state index contributed by atoms with van der Waals surface area (Å²) in [5.41, 5.74) is 2.67. The molecule has 13 heavy (non-hydrogen) atoms. The molecule has 0 aromatic carbocycles. The summed E-state index contributed by atoms with van der Waals surface area (Å²) >= 11 is 0. The number of aromatic nitrogens is 1. The van der Waals surface area contributed by atoms with Gasteiger partial charge in [-0.05, 0) is 24.0 Å². The normalized spacial score (nSPS) is 20.4. The molecule has 1 heterocycles. The molecule has 1 aromatic heterocycles. The van der Waals surface area contributed by atoms with Crippen molar-refractivity contribution in [2.24, 2.45) is 5.92 Å². The highest BCUT2D eigenvalue weighted by molar-refractivity contribution is 5.32. The first kappa shape index (κ1) is 8.49. The number of fused-ring (bicyclic) bond motifs is 1. The molecule has 0 saturated carbocycles. The zero-order chi connectivity index (χ0) is 9.26. The van der Waals surface area contributed by atoms with Crippen LogP contribution in [0.25, 0.3) is 0 Å². The van der Waals surface area contributed by atoms with Gasteiger partial charge in [0, 0.05) is 12.1 Å². The highest BCUT2D eigenvalue weighted by Crippen LogP contribution is 2.30. The average molecular weight is 173 g/mol. The van der Waals surface area contributed by atoms with Gasteiger partial charge in [0.05, 0.1) is 5.69 Å². The third kappa shape index (κ3) is 1.51. The Morgan fingerprint density at radius 3 is 3.08 bits per heavy atom. The van der Waals surface area contributed by atoms with Gasteiger partial charge in [0.25, 0.3) is 0 Å². The Morgan fingerprint density at radius 1 is 1.46 bits per heavy atom. The van der Waals surface area contributed by atoms with E-state index >= 15 is 0 Å². The molecular weight excluding hydrogens is 158 g/mol. The molecule has 0 radical (unpaired) electrons. The van der Waals surface area contributed by atoms with Crippen molar-refractivity contribution in [1.82, 2.24) is 4.98 Å². The highest BCUT2D eigenvalue weighted by atomic mass is 14.7. The molecule has 0 saturated heterocycles. The summed E-state index contributed by atoms with van der Waals surface area (Å²) in [6.07, 6.45) is 7.49. The summed E-state index contributed by atoms with van der Waals surface area (Å²) in [6.45, 7) is 4.50. The molecule has 68 valence electrons. The number of rotatable bonds is 1. The lowest BCUT2D eigenvalue weighted by molar-refractivity contribution is 0.556. The molecule has 0 aliphatic heterocycles.